The lowest BCUT2D eigenvalue weighted by molar-refractivity contribution is 0.322. The smallest absolute Gasteiger partial charge is 0.222 e. The normalized spacial score (nSPS) is 19.7. The number of hydrogen-bond acceptors (Lipinski definition) is 5. The summed E-state index contributed by atoms with van der Waals surface area (Å²) in [5.41, 5.74) is 8.28. The second-order valence-corrected chi connectivity index (χ2v) is 6.16. The Labute approximate surface area is 140 Å². The van der Waals surface area contributed by atoms with E-state index in [9.17, 15) is 5.26 Å². The van der Waals surface area contributed by atoms with Gasteiger partial charge in [0.1, 0.15) is 17.4 Å². The minimum atomic E-state index is -0.752. The van der Waals surface area contributed by atoms with E-state index in [1.54, 1.807) is 7.11 Å². The minimum absolute atomic E-state index is 0.0387. The molecule has 1 aromatic heterocycles. The molecule has 0 fully saturated rings. The molecule has 1 aliphatic rings. The monoisotopic (exact) mass is 324 g/mol. The molecule has 24 heavy (non-hydrogen) atoms. The van der Waals surface area contributed by atoms with Gasteiger partial charge in [0.15, 0.2) is 0 Å². The van der Waals surface area contributed by atoms with E-state index in [0.29, 0.717) is 11.5 Å². The fourth-order valence-corrected chi connectivity index (χ4v) is 3.64. The molecule has 0 saturated heterocycles. The van der Waals surface area contributed by atoms with Crippen molar-refractivity contribution in [3.05, 3.63) is 52.5 Å². The van der Waals surface area contributed by atoms with Crippen LogP contribution in [-0.2, 0) is 5.41 Å². The quantitative estimate of drug-likeness (QED) is 0.905. The third-order valence-electron chi connectivity index (χ3n) is 4.66. The highest BCUT2D eigenvalue weighted by atomic mass is 16.5. The van der Waals surface area contributed by atoms with Gasteiger partial charge in [-0.05, 0) is 30.5 Å². The van der Waals surface area contributed by atoms with Crippen LogP contribution in [0.25, 0.3) is 0 Å². The summed E-state index contributed by atoms with van der Waals surface area (Å²) >= 11 is 0. The molecule has 6 heteroatoms. The SMILES string of the molecule is COc1cccc(C2(C(C)C)C(C#N)=C(N)Oc3[nH]nc(C)c32)c1. The van der Waals surface area contributed by atoms with Gasteiger partial charge >= 0.3 is 0 Å². The highest BCUT2D eigenvalue weighted by Crippen LogP contribution is 2.52. The van der Waals surface area contributed by atoms with Crippen molar-refractivity contribution in [1.29, 1.82) is 5.26 Å². The van der Waals surface area contributed by atoms with Crippen LogP contribution in [-0.4, -0.2) is 17.3 Å². The molecule has 1 atom stereocenters. The molecule has 2 aromatic rings. The first kappa shape index (κ1) is 15.9. The molecular formula is C18H20N4O2. The summed E-state index contributed by atoms with van der Waals surface area (Å²) < 4.78 is 11.0. The van der Waals surface area contributed by atoms with Crippen LogP contribution < -0.4 is 15.2 Å². The first-order valence-electron chi connectivity index (χ1n) is 7.74. The number of aromatic amines is 1. The van der Waals surface area contributed by atoms with Crippen LogP contribution in [0.5, 0.6) is 11.6 Å². The number of allylic oxidation sites excluding steroid dienone is 1. The lowest BCUT2D eigenvalue weighted by Gasteiger charge is -2.41. The molecule has 3 rings (SSSR count). The van der Waals surface area contributed by atoms with E-state index >= 15 is 0 Å². The molecule has 0 spiro atoms. The van der Waals surface area contributed by atoms with Gasteiger partial charge in [0.05, 0.1) is 23.8 Å². The van der Waals surface area contributed by atoms with E-state index < -0.39 is 5.41 Å². The summed E-state index contributed by atoms with van der Waals surface area (Å²) in [5, 5.41) is 17.0. The van der Waals surface area contributed by atoms with Crippen LogP contribution in [0.3, 0.4) is 0 Å². The van der Waals surface area contributed by atoms with Crippen LogP contribution in [0, 0.1) is 24.2 Å². The Balaban J connectivity index is 2.43. The van der Waals surface area contributed by atoms with E-state index in [1.807, 2.05) is 31.2 Å². The number of rotatable bonds is 3. The van der Waals surface area contributed by atoms with Crippen molar-refractivity contribution in [2.45, 2.75) is 26.2 Å². The lowest BCUT2D eigenvalue weighted by atomic mass is 9.62. The number of benzene rings is 1. The van der Waals surface area contributed by atoms with E-state index in [4.69, 9.17) is 15.2 Å². The number of hydrogen-bond donors (Lipinski definition) is 2. The summed E-state index contributed by atoms with van der Waals surface area (Å²) in [7, 11) is 1.62. The third-order valence-corrected chi connectivity index (χ3v) is 4.66. The second-order valence-electron chi connectivity index (χ2n) is 6.16. The average Bonchev–Trinajstić information content (AvgIpc) is 2.94. The first-order chi connectivity index (χ1) is 11.5. The number of methoxy groups -OCH3 is 1. The molecular weight excluding hydrogens is 304 g/mol. The van der Waals surface area contributed by atoms with Gasteiger partial charge in [0.25, 0.3) is 0 Å². The molecule has 0 aliphatic carbocycles. The van der Waals surface area contributed by atoms with Gasteiger partial charge in [-0.1, -0.05) is 26.0 Å². The molecule has 1 aliphatic heterocycles. The molecule has 2 heterocycles. The Kier molecular flexibility index (Phi) is 3.72. The average molecular weight is 324 g/mol. The van der Waals surface area contributed by atoms with E-state index in [2.05, 4.69) is 30.1 Å². The Hall–Kier alpha value is -2.94. The number of aromatic nitrogens is 2. The predicted octanol–water partition coefficient (Wildman–Crippen LogP) is 2.76. The van der Waals surface area contributed by atoms with Gasteiger partial charge in [0, 0.05) is 0 Å². The number of nitrogens with zero attached hydrogens (tertiary/aromatic N) is 2. The van der Waals surface area contributed by atoms with E-state index in [-0.39, 0.29) is 11.8 Å². The largest absolute Gasteiger partial charge is 0.497 e. The van der Waals surface area contributed by atoms with Crippen molar-refractivity contribution in [3.8, 4) is 17.7 Å². The van der Waals surface area contributed by atoms with Gasteiger partial charge in [0.2, 0.25) is 11.8 Å². The number of fused-ring (bicyclic) bond motifs is 1. The van der Waals surface area contributed by atoms with Crippen molar-refractivity contribution in [2.24, 2.45) is 11.7 Å². The molecule has 6 nitrogen and oxygen atoms in total. The third kappa shape index (κ3) is 1.98. The van der Waals surface area contributed by atoms with Gasteiger partial charge in [-0.3, -0.25) is 0 Å². The molecule has 3 N–H and O–H groups in total. The molecule has 0 amide bonds. The zero-order valence-electron chi connectivity index (χ0n) is 14.2. The van der Waals surface area contributed by atoms with Crippen molar-refractivity contribution < 1.29 is 9.47 Å². The van der Waals surface area contributed by atoms with Crippen molar-refractivity contribution in [1.82, 2.24) is 10.2 Å². The summed E-state index contributed by atoms with van der Waals surface area (Å²) in [6.07, 6.45) is 0. The predicted molar refractivity (Wildman–Crippen MR) is 89.4 cm³/mol. The Morgan fingerprint density at radius 1 is 1.42 bits per heavy atom. The fraction of sp³-hybridized carbons (Fsp3) is 0.333. The Morgan fingerprint density at radius 2 is 2.17 bits per heavy atom. The highest BCUT2D eigenvalue weighted by molar-refractivity contribution is 5.62. The lowest BCUT2D eigenvalue weighted by Crippen LogP contribution is -2.41. The summed E-state index contributed by atoms with van der Waals surface area (Å²) in [6.45, 7) is 6.02. The molecule has 0 bridgehead atoms. The maximum atomic E-state index is 9.86. The van der Waals surface area contributed by atoms with E-state index in [1.165, 1.54) is 0 Å². The topological polar surface area (TPSA) is 97.0 Å². The summed E-state index contributed by atoms with van der Waals surface area (Å²) in [4.78, 5) is 0. The number of ether oxygens (including phenoxy) is 2. The Morgan fingerprint density at radius 3 is 2.79 bits per heavy atom. The van der Waals surface area contributed by atoms with Crippen LogP contribution in [0.15, 0.2) is 35.7 Å². The molecule has 1 aromatic carbocycles. The van der Waals surface area contributed by atoms with Gasteiger partial charge in [-0.25, -0.2) is 5.10 Å². The van der Waals surface area contributed by atoms with Crippen LogP contribution in [0.2, 0.25) is 0 Å². The van der Waals surface area contributed by atoms with Crippen molar-refractivity contribution in [3.63, 3.8) is 0 Å². The highest BCUT2D eigenvalue weighted by Gasteiger charge is 2.50. The molecule has 124 valence electrons. The van der Waals surface area contributed by atoms with Crippen LogP contribution in [0.4, 0.5) is 0 Å². The summed E-state index contributed by atoms with van der Waals surface area (Å²) in [5.74, 6) is 1.35. The van der Waals surface area contributed by atoms with Crippen molar-refractivity contribution >= 4 is 0 Å². The molecule has 0 saturated carbocycles. The van der Waals surface area contributed by atoms with Gasteiger partial charge in [-0.15, -0.1) is 0 Å². The number of nitriles is 1. The van der Waals surface area contributed by atoms with Gasteiger partial charge < -0.3 is 15.2 Å². The zero-order chi connectivity index (χ0) is 17.5. The van der Waals surface area contributed by atoms with Crippen molar-refractivity contribution in [2.75, 3.05) is 7.11 Å². The van der Waals surface area contributed by atoms with Crippen LogP contribution >= 0.6 is 0 Å². The number of H-pyrrole nitrogens is 1. The standard InChI is InChI=1S/C18H20N4O2/c1-10(2)18(12-6-5-7-13(8-12)23-4)14(9-19)16(20)24-17-15(18)11(3)21-22-17/h5-8,10H,20H2,1-4H3,(H,21,22). The van der Waals surface area contributed by atoms with Crippen LogP contribution in [0.1, 0.15) is 30.7 Å². The molecule has 1 unspecified atom stereocenters. The number of aryl methyl sites for hydroxylation is 1. The van der Waals surface area contributed by atoms with Gasteiger partial charge in [-0.2, -0.15) is 10.4 Å². The first-order valence-corrected chi connectivity index (χ1v) is 7.74. The zero-order valence-corrected chi connectivity index (χ0v) is 14.2. The minimum Gasteiger partial charge on any atom is -0.497 e. The maximum Gasteiger partial charge on any atom is 0.222 e. The van der Waals surface area contributed by atoms with E-state index in [0.717, 1.165) is 22.6 Å². The number of nitrogens with two attached hydrogens (primary N) is 1. The fourth-order valence-electron chi connectivity index (χ4n) is 3.64. The number of nitrogens with one attached hydrogen (secondary N) is 1. The maximum absolute atomic E-state index is 9.86. The molecule has 0 radical (unpaired) electrons. The second kappa shape index (κ2) is 5.60. The summed E-state index contributed by atoms with van der Waals surface area (Å²) in [6, 6.07) is 9.97. The Bertz CT molecular complexity index is 860.